The Morgan fingerprint density at radius 3 is 2.46 bits per heavy atom. The van der Waals surface area contributed by atoms with E-state index in [2.05, 4.69) is 0 Å². The summed E-state index contributed by atoms with van der Waals surface area (Å²) in [5.74, 6) is -0.00495. The minimum atomic E-state index is -3.46. The number of hydrogen-bond acceptors (Lipinski definition) is 3. The van der Waals surface area contributed by atoms with E-state index >= 15 is 0 Å². The van der Waals surface area contributed by atoms with Crippen LogP contribution in [0.3, 0.4) is 0 Å². The molecule has 0 aliphatic heterocycles. The van der Waals surface area contributed by atoms with Crippen molar-refractivity contribution in [3.05, 3.63) is 0 Å². The van der Waals surface area contributed by atoms with Gasteiger partial charge >= 0.3 is 0 Å². The van der Waals surface area contributed by atoms with Crippen molar-refractivity contribution in [3.63, 3.8) is 0 Å². The van der Waals surface area contributed by atoms with Gasteiger partial charge in [0.2, 0.25) is 9.05 Å². The van der Waals surface area contributed by atoms with Crippen LogP contribution in [0, 0.1) is 17.2 Å². The SMILES string of the molecule is CC(CCC#N)C1(S(=O)(=O)Cl)CC1. The first-order chi connectivity index (χ1) is 5.94. The standard InChI is InChI=1S/C8H12ClNO2S/c1-7(3-2-6-10)8(4-5-8)13(9,11)12/h7H,2-5H2,1H3. The lowest BCUT2D eigenvalue weighted by atomic mass is 10.0. The summed E-state index contributed by atoms with van der Waals surface area (Å²) in [6.45, 7) is 1.85. The number of nitrogens with zero attached hydrogens (tertiary/aromatic N) is 1. The summed E-state index contributed by atoms with van der Waals surface area (Å²) in [6, 6.07) is 2.01. The highest BCUT2D eigenvalue weighted by atomic mass is 35.7. The smallest absolute Gasteiger partial charge is 0.212 e. The molecule has 0 aromatic heterocycles. The molecule has 13 heavy (non-hydrogen) atoms. The zero-order valence-corrected chi connectivity index (χ0v) is 9.03. The van der Waals surface area contributed by atoms with E-state index in [1.54, 1.807) is 0 Å². The van der Waals surface area contributed by atoms with Gasteiger partial charge in [-0.25, -0.2) is 8.42 Å². The molecule has 0 aromatic carbocycles. The largest absolute Gasteiger partial charge is 0.238 e. The average Bonchev–Trinajstić information content (AvgIpc) is 2.78. The summed E-state index contributed by atoms with van der Waals surface area (Å²) in [5, 5.41) is 8.37. The predicted octanol–water partition coefficient (Wildman–Crippen LogP) is 2.03. The van der Waals surface area contributed by atoms with Gasteiger partial charge in [0, 0.05) is 17.1 Å². The van der Waals surface area contributed by atoms with Gasteiger partial charge in [0.05, 0.1) is 10.8 Å². The second kappa shape index (κ2) is 3.47. The number of hydrogen-bond donors (Lipinski definition) is 0. The van der Waals surface area contributed by atoms with Gasteiger partial charge in [-0.2, -0.15) is 5.26 Å². The molecule has 74 valence electrons. The molecule has 3 nitrogen and oxygen atoms in total. The molecule has 1 fully saturated rings. The van der Waals surface area contributed by atoms with E-state index in [4.69, 9.17) is 15.9 Å². The highest BCUT2D eigenvalue weighted by molar-refractivity contribution is 8.15. The molecule has 0 amide bonds. The molecule has 0 N–H and O–H groups in total. The van der Waals surface area contributed by atoms with Gasteiger partial charge in [0.25, 0.3) is 0 Å². The van der Waals surface area contributed by atoms with Crippen molar-refractivity contribution in [1.29, 1.82) is 5.26 Å². The Morgan fingerprint density at radius 1 is 1.62 bits per heavy atom. The minimum absolute atomic E-state index is 0.00495. The quantitative estimate of drug-likeness (QED) is 0.683. The fourth-order valence-corrected chi connectivity index (χ4v) is 3.75. The van der Waals surface area contributed by atoms with Crippen molar-refractivity contribution in [1.82, 2.24) is 0 Å². The molecule has 0 radical (unpaired) electrons. The molecule has 1 rings (SSSR count). The minimum Gasteiger partial charge on any atom is -0.212 e. The summed E-state index contributed by atoms with van der Waals surface area (Å²) in [7, 11) is 1.89. The zero-order chi connectivity index (χ0) is 10.1. The van der Waals surface area contributed by atoms with Crippen LogP contribution in [0.5, 0.6) is 0 Å². The molecule has 1 unspecified atom stereocenters. The fourth-order valence-electron chi connectivity index (χ4n) is 1.64. The molecule has 1 aliphatic carbocycles. The summed E-state index contributed by atoms with van der Waals surface area (Å²) in [6.07, 6.45) is 2.30. The fraction of sp³-hybridized carbons (Fsp3) is 0.875. The predicted molar refractivity (Wildman–Crippen MR) is 50.7 cm³/mol. The third kappa shape index (κ3) is 1.97. The van der Waals surface area contributed by atoms with Crippen molar-refractivity contribution in [2.75, 3.05) is 0 Å². The molecular formula is C8H12ClNO2S. The first-order valence-corrected chi connectivity index (χ1v) is 6.56. The van der Waals surface area contributed by atoms with E-state index in [-0.39, 0.29) is 5.92 Å². The molecule has 0 heterocycles. The second-order valence-corrected chi connectivity index (χ2v) is 6.51. The summed E-state index contributed by atoms with van der Waals surface area (Å²) < 4.78 is 21.7. The summed E-state index contributed by atoms with van der Waals surface area (Å²) >= 11 is 0. The van der Waals surface area contributed by atoms with Crippen LogP contribution in [0.1, 0.15) is 32.6 Å². The molecule has 0 bridgehead atoms. The third-order valence-corrected chi connectivity index (χ3v) is 5.52. The van der Waals surface area contributed by atoms with Crippen LogP contribution in [0.15, 0.2) is 0 Å². The van der Waals surface area contributed by atoms with Crippen LogP contribution >= 0.6 is 10.7 Å². The van der Waals surface area contributed by atoms with Crippen LogP contribution in [-0.4, -0.2) is 13.2 Å². The van der Waals surface area contributed by atoms with Crippen LogP contribution in [-0.2, 0) is 9.05 Å². The van der Waals surface area contributed by atoms with E-state index in [1.807, 2.05) is 13.0 Å². The Balaban J connectivity index is 2.67. The van der Waals surface area contributed by atoms with Gasteiger partial charge in [0.15, 0.2) is 0 Å². The van der Waals surface area contributed by atoms with Crippen molar-refractivity contribution in [2.24, 2.45) is 5.92 Å². The van der Waals surface area contributed by atoms with Crippen LogP contribution in [0.2, 0.25) is 0 Å². The summed E-state index contributed by atoms with van der Waals surface area (Å²) in [4.78, 5) is 0. The molecular weight excluding hydrogens is 210 g/mol. The van der Waals surface area contributed by atoms with Crippen LogP contribution in [0.4, 0.5) is 0 Å². The Labute approximate surface area is 83.1 Å². The molecule has 1 saturated carbocycles. The maximum absolute atomic E-state index is 11.2. The van der Waals surface area contributed by atoms with Crippen molar-refractivity contribution in [3.8, 4) is 6.07 Å². The molecule has 1 atom stereocenters. The van der Waals surface area contributed by atoms with Crippen molar-refractivity contribution >= 4 is 19.7 Å². The lowest BCUT2D eigenvalue weighted by molar-refractivity contribution is 0.477. The molecule has 0 aromatic rings. The second-order valence-electron chi connectivity index (χ2n) is 3.60. The number of rotatable bonds is 4. The Morgan fingerprint density at radius 2 is 2.15 bits per heavy atom. The van der Waals surface area contributed by atoms with Crippen LogP contribution in [0.25, 0.3) is 0 Å². The van der Waals surface area contributed by atoms with Gasteiger partial charge in [-0.3, -0.25) is 0 Å². The van der Waals surface area contributed by atoms with Gasteiger partial charge in [-0.15, -0.1) is 0 Å². The molecule has 0 spiro atoms. The first-order valence-electron chi connectivity index (χ1n) is 4.25. The average molecular weight is 222 g/mol. The van der Waals surface area contributed by atoms with E-state index < -0.39 is 13.8 Å². The topological polar surface area (TPSA) is 57.9 Å². The first kappa shape index (κ1) is 10.8. The van der Waals surface area contributed by atoms with Crippen molar-refractivity contribution < 1.29 is 8.42 Å². The maximum Gasteiger partial charge on any atom is 0.238 e. The molecule has 5 heteroatoms. The van der Waals surface area contributed by atoms with E-state index in [0.29, 0.717) is 25.7 Å². The Kier molecular flexibility index (Phi) is 2.88. The molecule has 0 saturated heterocycles. The zero-order valence-electron chi connectivity index (χ0n) is 7.46. The summed E-state index contributed by atoms with van der Waals surface area (Å²) in [5.41, 5.74) is 0. The number of nitriles is 1. The third-order valence-electron chi connectivity index (χ3n) is 2.82. The van der Waals surface area contributed by atoms with Crippen LogP contribution < -0.4 is 0 Å². The lowest BCUT2D eigenvalue weighted by Gasteiger charge is -2.18. The van der Waals surface area contributed by atoms with Crippen molar-refractivity contribution in [2.45, 2.75) is 37.4 Å². The Bertz CT molecular complexity index is 327. The normalized spacial score (nSPS) is 21.9. The highest BCUT2D eigenvalue weighted by Gasteiger charge is 2.57. The Hall–Kier alpha value is -0.270. The molecule has 1 aliphatic rings. The highest BCUT2D eigenvalue weighted by Crippen LogP contribution is 2.52. The van der Waals surface area contributed by atoms with E-state index in [1.165, 1.54) is 0 Å². The monoisotopic (exact) mass is 221 g/mol. The van der Waals surface area contributed by atoms with E-state index in [9.17, 15) is 8.42 Å². The van der Waals surface area contributed by atoms with Gasteiger partial charge in [-0.05, 0) is 25.2 Å². The van der Waals surface area contributed by atoms with Gasteiger partial charge in [-0.1, -0.05) is 6.92 Å². The van der Waals surface area contributed by atoms with E-state index in [0.717, 1.165) is 0 Å². The lowest BCUT2D eigenvalue weighted by Crippen LogP contribution is -2.26. The van der Waals surface area contributed by atoms with Gasteiger partial charge < -0.3 is 0 Å². The number of halogens is 1. The maximum atomic E-state index is 11.2. The van der Waals surface area contributed by atoms with Gasteiger partial charge in [0.1, 0.15) is 0 Å².